The molecule has 2 heteroatoms. The maximum Gasteiger partial charge on any atom is 0.215 e. The highest BCUT2D eigenvalue weighted by Crippen LogP contribution is 2.39. The second kappa shape index (κ2) is 29.8. The van der Waals surface area contributed by atoms with E-state index in [1.165, 1.54) is 88.2 Å². The average Bonchev–Trinajstić information content (AvgIpc) is 3.50. The number of hydrogen-bond donors (Lipinski definition) is 0. The van der Waals surface area contributed by atoms with Crippen LogP contribution in [0.25, 0.3) is 11.5 Å². The smallest absolute Gasteiger partial charge is 0.215 e. The quantitative estimate of drug-likeness (QED) is 0.0611. The summed E-state index contributed by atoms with van der Waals surface area (Å²) >= 11 is 0. The summed E-state index contributed by atoms with van der Waals surface area (Å²) in [6, 6.07) is 13.2. The molecule has 0 spiro atoms. The van der Waals surface area contributed by atoms with Gasteiger partial charge in [0.05, 0.1) is 5.57 Å². The standard InChI is InChI=1S/C56H76N2/c1-7-13-19-24-29-34-40-54-53(39-18-12-6)55(51-43-47(35-30-25-20-14-8-2)41-48(44-51)36-31-26-21-15-9-3)58(57)56(54)52-45-49(37-32-27-22-16-10-4)42-50(46-52)38-33-28-23-17-11-5/h40-46,57H,7-29,34,39H2,1-6H3. The molecule has 2 aromatic rings. The molecule has 0 aliphatic carbocycles. The van der Waals surface area contributed by atoms with Crippen LogP contribution in [0.3, 0.4) is 0 Å². The molecule has 1 N–H and O–H groups in total. The molecule has 3 rings (SSSR count). The summed E-state index contributed by atoms with van der Waals surface area (Å²) in [6.45, 7) is 13.5. The molecule has 310 valence electrons. The van der Waals surface area contributed by atoms with Gasteiger partial charge in [-0.05, 0) is 87.8 Å². The predicted octanol–water partition coefficient (Wildman–Crippen LogP) is 16.1. The highest BCUT2D eigenvalue weighted by molar-refractivity contribution is 6.16. The van der Waals surface area contributed by atoms with Gasteiger partial charge in [-0.1, -0.05) is 178 Å². The van der Waals surface area contributed by atoms with Gasteiger partial charge < -0.3 is 5.84 Å². The molecule has 1 aliphatic rings. The third kappa shape index (κ3) is 17.2. The Morgan fingerprint density at radius 3 is 1.24 bits per heavy atom. The third-order valence-electron chi connectivity index (χ3n) is 10.7. The highest BCUT2D eigenvalue weighted by Gasteiger charge is 2.35. The number of hydrogen-bond acceptors (Lipinski definition) is 0. The topological polar surface area (TPSA) is 26.8 Å². The summed E-state index contributed by atoms with van der Waals surface area (Å²) in [5.41, 5.74) is 10.4. The largest absolute Gasteiger partial charge is 0.448 e. The van der Waals surface area contributed by atoms with Crippen molar-refractivity contribution in [2.75, 3.05) is 0 Å². The zero-order chi connectivity index (χ0) is 41.6. The second-order valence-electron chi connectivity index (χ2n) is 16.1. The van der Waals surface area contributed by atoms with Crippen LogP contribution in [0.1, 0.15) is 235 Å². The number of nitrogens with zero attached hydrogens (tertiary/aromatic N) is 1. The summed E-state index contributed by atoms with van der Waals surface area (Å²) in [6.07, 6.45) is 30.4. The van der Waals surface area contributed by atoms with Gasteiger partial charge in [0, 0.05) is 64.6 Å². The Morgan fingerprint density at radius 2 is 0.828 bits per heavy atom. The summed E-state index contributed by atoms with van der Waals surface area (Å²) < 4.78 is 1.74. The van der Waals surface area contributed by atoms with Crippen molar-refractivity contribution >= 4 is 11.4 Å². The minimum atomic E-state index is 0.898. The van der Waals surface area contributed by atoms with Crippen LogP contribution in [0.2, 0.25) is 0 Å². The normalized spacial score (nSPS) is 12.8. The minimum absolute atomic E-state index is 0.898. The number of rotatable bonds is 23. The molecule has 0 fully saturated rings. The molecule has 0 bridgehead atoms. The van der Waals surface area contributed by atoms with Crippen LogP contribution in [0, 0.1) is 47.4 Å². The fourth-order valence-corrected chi connectivity index (χ4v) is 7.38. The summed E-state index contributed by atoms with van der Waals surface area (Å²) in [5.74, 6) is 38.0. The van der Waals surface area contributed by atoms with Crippen molar-refractivity contribution in [3.8, 4) is 47.4 Å². The number of benzene rings is 2. The molecule has 1 heterocycles. The van der Waals surface area contributed by atoms with Gasteiger partial charge in [0.25, 0.3) is 0 Å². The van der Waals surface area contributed by atoms with E-state index in [2.05, 4.69) is 131 Å². The van der Waals surface area contributed by atoms with Gasteiger partial charge in [0.1, 0.15) is 0 Å². The molecular weight excluding hydrogens is 701 g/mol. The van der Waals surface area contributed by atoms with E-state index < -0.39 is 0 Å². The number of allylic oxidation sites excluding steroid dienone is 3. The maximum atomic E-state index is 10.1. The van der Waals surface area contributed by atoms with E-state index in [0.717, 1.165) is 128 Å². The summed E-state index contributed by atoms with van der Waals surface area (Å²) in [7, 11) is 0. The lowest BCUT2D eigenvalue weighted by atomic mass is 9.90. The van der Waals surface area contributed by atoms with E-state index in [0.29, 0.717) is 0 Å². The number of unbranched alkanes of at least 4 members (excludes halogenated alkanes) is 18. The SMILES string of the molecule is CCCCCC#Cc1cc(C#CCCCCC)cc(C2=C(CCCC)C(=CCCCCCCC)C(c3cc(C#CCCCCC)cc(C#CCCCCC)c3)=[N+]2[NH-])c1. The van der Waals surface area contributed by atoms with Crippen LogP contribution in [0.4, 0.5) is 0 Å². The first-order chi connectivity index (χ1) is 28.5. The van der Waals surface area contributed by atoms with Crippen LogP contribution < -0.4 is 0 Å². The lowest BCUT2D eigenvalue weighted by molar-refractivity contribution is -0.347. The van der Waals surface area contributed by atoms with E-state index >= 15 is 0 Å². The molecule has 0 atom stereocenters. The molecule has 1 aliphatic heterocycles. The van der Waals surface area contributed by atoms with Crippen molar-refractivity contribution in [3.05, 3.63) is 92.8 Å². The van der Waals surface area contributed by atoms with Gasteiger partial charge in [-0.2, -0.15) is 0 Å². The van der Waals surface area contributed by atoms with Crippen LogP contribution in [0.15, 0.2) is 53.6 Å². The van der Waals surface area contributed by atoms with Crippen LogP contribution in [-0.4, -0.2) is 10.4 Å². The van der Waals surface area contributed by atoms with Gasteiger partial charge in [-0.3, -0.25) is 0 Å². The Bertz CT molecular complexity index is 1810. The van der Waals surface area contributed by atoms with Gasteiger partial charge in [-0.15, -0.1) is 0 Å². The Kier molecular flexibility index (Phi) is 24.7. The second-order valence-corrected chi connectivity index (χ2v) is 16.1. The van der Waals surface area contributed by atoms with Crippen molar-refractivity contribution in [3.63, 3.8) is 0 Å². The molecule has 58 heavy (non-hydrogen) atoms. The van der Waals surface area contributed by atoms with Gasteiger partial charge in [0.15, 0.2) is 0 Å². The minimum Gasteiger partial charge on any atom is -0.448 e. The van der Waals surface area contributed by atoms with E-state index in [1.54, 1.807) is 4.68 Å². The molecule has 0 saturated heterocycles. The van der Waals surface area contributed by atoms with Crippen LogP contribution in [0.5, 0.6) is 0 Å². The summed E-state index contributed by atoms with van der Waals surface area (Å²) in [4.78, 5) is 0. The fourth-order valence-electron chi connectivity index (χ4n) is 7.38. The lowest BCUT2D eigenvalue weighted by Crippen LogP contribution is -2.12. The van der Waals surface area contributed by atoms with Crippen molar-refractivity contribution in [2.24, 2.45) is 0 Å². The van der Waals surface area contributed by atoms with E-state index in [4.69, 9.17) is 0 Å². The predicted molar refractivity (Wildman–Crippen MR) is 254 cm³/mol. The lowest BCUT2D eigenvalue weighted by Gasteiger charge is -2.10. The first-order valence-corrected chi connectivity index (χ1v) is 23.6. The Labute approximate surface area is 357 Å². The van der Waals surface area contributed by atoms with Crippen molar-refractivity contribution < 1.29 is 4.68 Å². The van der Waals surface area contributed by atoms with Crippen molar-refractivity contribution in [1.29, 1.82) is 0 Å². The zero-order valence-electron chi connectivity index (χ0n) is 37.7. The first-order valence-electron chi connectivity index (χ1n) is 23.6. The molecule has 0 unspecified atom stereocenters. The van der Waals surface area contributed by atoms with E-state index in [9.17, 15) is 5.84 Å². The first kappa shape index (κ1) is 48.0. The van der Waals surface area contributed by atoms with Crippen LogP contribution in [-0.2, 0) is 0 Å². The maximum absolute atomic E-state index is 10.1. The molecule has 2 aromatic carbocycles. The molecular formula is C56H76N2. The van der Waals surface area contributed by atoms with Crippen molar-refractivity contribution in [2.45, 2.75) is 202 Å². The Hall–Kier alpha value is -4.37. The van der Waals surface area contributed by atoms with E-state index in [1.807, 2.05) is 0 Å². The Morgan fingerprint density at radius 1 is 0.448 bits per heavy atom. The number of nitrogens with one attached hydrogen (secondary N) is 1. The van der Waals surface area contributed by atoms with Crippen molar-refractivity contribution in [1.82, 2.24) is 0 Å². The van der Waals surface area contributed by atoms with Gasteiger partial charge in [-0.25, -0.2) is 4.68 Å². The molecule has 0 saturated carbocycles. The highest BCUT2D eigenvalue weighted by atomic mass is 15.3. The van der Waals surface area contributed by atoms with Gasteiger partial charge >= 0.3 is 0 Å². The monoisotopic (exact) mass is 777 g/mol. The van der Waals surface area contributed by atoms with Crippen LogP contribution >= 0.6 is 0 Å². The molecule has 0 amide bonds. The Balaban J connectivity index is 2.31. The summed E-state index contributed by atoms with van der Waals surface area (Å²) in [5, 5.41) is 0. The average molecular weight is 777 g/mol. The molecule has 0 aromatic heterocycles. The zero-order valence-corrected chi connectivity index (χ0v) is 37.7. The van der Waals surface area contributed by atoms with Gasteiger partial charge in [0.2, 0.25) is 11.4 Å². The molecule has 0 radical (unpaired) electrons. The van der Waals surface area contributed by atoms with E-state index in [-0.39, 0.29) is 0 Å². The fraction of sp³-hybridized carbons (Fsp3) is 0.554. The molecule has 2 nitrogen and oxygen atoms in total. The third-order valence-corrected chi connectivity index (χ3v) is 10.7.